The molecule has 0 aliphatic carbocycles. The Kier molecular flexibility index (Phi) is 7.81. The zero-order valence-corrected chi connectivity index (χ0v) is 17.1. The third-order valence-electron chi connectivity index (χ3n) is 3.90. The second kappa shape index (κ2) is 10.1. The van der Waals surface area contributed by atoms with Gasteiger partial charge in [0.2, 0.25) is 0 Å². The Morgan fingerprint density at radius 2 is 1.93 bits per heavy atom. The van der Waals surface area contributed by atoms with Crippen LogP contribution >= 0.6 is 23.1 Å². The largest absolute Gasteiger partial charge is 0.473 e. The fourth-order valence-corrected chi connectivity index (χ4v) is 4.66. The van der Waals surface area contributed by atoms with Gasteiger partial charge >= 0.3 is 11.9 Å². The van der Waals surface area contributed by atoms with Gasteiger partial charge in [-0.1, -0.05) is 6.08 Å². The smallest absolute Gasteiger partial charge is 0.414 e. The van der Waals surface area contributed by atoms with E-state index < -0.39 is 11.9 Å². The van der Waals surface area contributed by atoms with Gasteiger partial charge in [-0.3, -0.25) is 0 Å². The van der Waals surface area contributed by atoms with Crippen molar-refractivity contribution in [2.45, 2.75) is 17.1 Å². The van der Waals surface area contributed by atoms with E-state index >= 15 is 0 Å². The molecule has 6 nitrogen and oxygen atoms in total. The lowest BCUT2D eigenvalue weighted by molar-refractivity contribution is -0.159. The number of carboxylic acids is 2. The van der Waals surface area contributed by atoms with Gasteiger partial charge in [0.25, 0.3) is 0 Å². The average molecular weight is 417 g/mol. The van der Waals surface area contributed by atoms with E-state index in [1.165, 1.54) is 26.5 Å². The number of thioether (sulfide) groups is 1. The maximum atomic E-state index is 9.22. The van der Waals surface area contributed by atoms with Crippen LogP contribution < -0.4 is 0 Å². The summed E-state index contributed by atoms with van der Waals surface area (Å²) in [6.07, 6.45) is 3.34. The van der Waals surface area contributed by atoms with Crippen LogP contribution in [-0.4, -0.2) is 47.7 Å². The maximum Gasteiger partial charge on any atom is 0.414 e. The lowest BCUT2D eigenvalue weighted by Gasteiger charge is -2.12. The van der Waals surface area contributed by atoms with Crippen LogP contribution in [0.25, 0.3) is 5.57 Å². The molecule has 0 fully saturated rings. The first-order valence-electron chi connectivity index (χ1n) is 8.38. The monoisotopic (exact) mass is 416 g/mol. The predicted octanol–water partition coefficient (Wildman–Crippen LogP) is 3.76. The summed E-state index contributed by atoms with van der Waals surface area (Å²) in [5.41, 5.74) is 4.57. The van der Waals surface area contributed by atoms with Crippen molar-refractivity contribution >= 4 is 40.6 Å². The molecule has 0 bridgehead atoms. The van der Waals surface area contributed by atoms with Crippen LogP contribution in [0.1, 0.15) is 28.0 Å². The maximum absolute atomic E-state index is 9.22. The van der Waals surface area contributed by atoms with Crippen LogP contribution in [-0.2, 0) is 15.3 Å². The summed E-state index contributed by atoms with van der Waals surface area (Å²) in [6.45, 7) is 1.03. The number of thiophene rings is 1. The summed E-state index contributed by atoms with van der Waals surface area (Å²) < 4.78 is 0. The Morgan fingerprint density at radius 3 is 2.54 bits per heavy atom. The number of nitriles is 1. The SMILES string of the molecule is CN(C)CC/C=C1\c2cc(C#N)ccc2SCc2sccc21.O=C(O)C(=O)O. The first-order valence-corrected chi connectivity index (χ1v) is 10.2. The number of hydrogen-bond acceptors (Lipinski definition) is 6. The van der Waals surface area contributed by atoms with E-state index in [4.69, 9.17) is 19.8 Å². The van der Waals surface area contributed by atoms with E-state index in [1.807, 2.05) is 35.2 Å². The third-order valence-corrected chi connectivity index (χ3v) is 6.10. The topological polar surface area (TPSA) is 102 Å². The zero-order valence-electron chi connectivity index (χ0n) is 15.5. The Hall–Kier alpha value is -2.60. The molecule has 2 N–H and O–H groups in total. The van der Waals surface area contributed by atoms with Gasteiger partial charge in [0.05, 0.1) is 11.6 Å². The minimum atomic E-state index is -1.82. The number of fused-ring (bicyclic) bond motifs is 2. The number of benzene rings is 1. The molecule has 8 heteroatoms. The minimum Gasteiger partial charge on any atom is -0.473 e. The van der Waals surface area contributed by atoms with Gasteiger partial charge in [-0.05, 0) is 66.9 Å². The summed E-state index contributed by atoms with van der Waals surface area (Å²) in [6, 6.07) is 10.5. The highest BCUT2D eigenvalue weighted by atomic mass is 32.2. The lowest BCUT2D eigenvalue weighted by atomic mass is 9.96. The number of rotatable bonds is 3. The van der Waals surface area contributed by atoms with E-state index in [0.29, 0.717) is 0 Å². The van der Waals surface area contributed by atoms with Crippen molar-refractivity contribution in [3.8, 4) is 6.07 Å². The summed E-state index contributed by atoms with van der Waals surface area (Å²) in [7, 11) is 4.19. The molecule has 0 unspecified atom stereocenters. The quantitative estimate of drug-likeness (QED) is 0.735. The molecule has 0 saturated carbocycles. The Labute approximate surface area is 171 Å². The van der Waals surface area contributed by atoms with E-state index in [-0.39, 0.29) is 0 Å². The van der Waals surface area contributed by atoms with Gasteiger partial charge in [-0.2, -0.15) is 5.26 Å². The van der Waals surface area contributed by atoms with Gasteiger partial charge in [0.1, 0.15) is 0 Å². The first kappa shape index (κ1) is 21.7. The molecule has 3 rings (SSSR count). The number of hydrogen-bond donors (Lipinski definition) is 2. The van der Waals surface area contributed by atoms with E-state index in [9.17, 15) is 5.26 Å². The van der Waals surface area contributed by atoms with E-state index in [0.717, 1.165) is 24.3 Å². The van der Waals surface area contributed by atoms with Crippen molar-refractivity contribution in [2.24, 2.45) is 0 Å². The van der Waals surface area contributed by atoms with Gasteiger partial charge in [-0.15, -0.1) is 23.1 Å². The summed E-state index contributed by atoms with van der Waals surface area (Å²) in [5.74, 6) is -2.64. The van der Waals surface area contributed by atoms with E-state index in [1.54, 1.807) is 0 Å². The van der Waals surface area contributed by atoms with Crippen molar-refractivity contribution in [3.63, 3.8) is 0 Å². The average Bonchev–Trinajstić information content (AvgIpc) is 3.06. The molecule has 0 radical (unpaired) electrons. The standard InChI is InChI=1S/C18H18N2S2.C2H2O4/c1-20(2)8-3-4-14-15-7-9-21-18(15)12-22-17-6-5-13(11-19)10-16(14)17;3-1(4)2(5)6/h4-7,9-10H,3,8,12H2,1-2H3;(H,3,4)(H,5,6)/b14-4-;. The first-order chi connectivity index (χ1) is 13.3. The van der Waals surface area contributed by atoms with Crippen LogP contribution in [0.4, 0.5) is 0 Å². The molecular formula is C20H20N2O4S2. The van der Waals surface area contributed by atoms with Crippen molar-refractivity contribution in [3.05, 3.63) is 57.3 Å². The highest BCUT2D eigenvalue weighted by molar-refractivity contribution is 7.98. The Morgan fingerprint density at radius 1 is 1.21 bits per heavy atom. The molecule has 2 aromatic rings. The van der Waals surface area contributed by atoms with Crippen molar-refractivity contribution in [2.75, 3.05) is 20.6 Å². The molecule has 0 atom stereocenters. The normalized spacial score (nSPS) is 13.6. The molecule has 1 aromatic heterocycles. The number of aliphatic carboxylic acids is 2. The van der Waals surface area contributed by atoms with Gasteiger partial charge in [0, 0.05) is 22.1 Å². The third kappa shape index (κ3) is 5.70. The van der Waals surface area contributed by atoms with E-state index in [2.05, 4.69) is 48.7 Å². The van der Waals surface area contributed by atoms with Gasteiger partial charge < -0.3 is 15.1 Å². The number of carboxylic acid groups (broad SMARTS) is 2. The summed E-state index contributed by atoms with van der Waals surface area (Å²) >= 11 is 3.69. The molecule has 28 heavy (non-hydrogen) atoms. The molecule has 0 saturated heterocycles. The highest BCUT2D eigenvalue weighted by Gasteiger charge is 2.19. The molecule has 0 amide bonds. The molecule has 1 aliphatic heterocycles. The number of nitrogens with zero attached hydrogens (tertiary/aromatic N) is 2. The van der Waals surface area contributed by atoms with Crippen molar-refractivity contribution in [1.82, 2.24) is 4.90 Å². The Balaban J connectivity index is 0.000000409. The van der Waals surface area contributed by atoms with Crippen LogP contribution in [0.2, 0.25) is 0 Å². The highest BCUT2D eigenvalue weighted by Crippen LogP contribution is 2.42. The van der Waals surface area contributed by atoms with Gasteiger partial charge in [0.15, 0.2) is 0 Å². The molecule has 1 aliphatic rings. The molecule has 2 heterocycles. The second-order valence-electron chi connectivity index (χ2n) is 6.19. The Bertz CT molecular complexity index is 930. The van der Waals surface area contributed by atoms with Crippen molar-refractivity contribution in [1.29, 1.82) is 5.26 Å². The fourth-order valence-electron chi connectivity index (χ4n) is 2.60. The lowest BCUT2D eigenvalue weighted by Crippen LogP contribution is -2.12. The van der Waals surface area contributed by atoms with Crippen LogP contribution in [0, 0.1) is 11.3 Å². The molecular weight excluding hydrogens is 396 g/mol. The van der Waals surface area contributed by atoms with Crippen molar-refractivity contribution < 1.29 is 19.8 Å². The van der Waals surface area contributed by atoms with Crippen LogP contribution in [0.3, 0.4) is 0 Å². The molecule has 1 aromatic carbocycles. The molecule has 146 valence electrons. The summed E-state index contributed by atoms with van der Waals surface area (Å²) in [5, 5.41) is 26.2. The summed E-state index contributed by atoms with van der Waals surface area (Å²) in [4.78, 5) is 23.1. The zero-order chi connectivity index (χ0) is 20.7. The van der Waals surface area contributed by atoms with Crippen LogP contribution in [0.5, 0.6) is 0 Å². The number of carbonyl (C=O) groups is 2. The predicted molar refractivity (Wildman–Crippen MR) is 111 cm³/mol. The second-order valence-corrected chi connectivity index (χ2v) is 8.21. The van der Waals surface area contributed by atoms with Crippen LogP contribution in [0.15, 0.2) is 40.6 Å². The van der Waals surface area contributed by atoms with Gasteiger partial charge in [-0.25, -0.2) is 9.59 Å². The molecule has 0 spiro atoms. The minimum absolute atomic E-state index is 0.733. The fraction of sp³-hybridized carbons (Fsp3) is 0.250.